The number of hydrogen-bond donors (Lipinski definition) is 0. The summed E-state index contributed by atoms with van der Waals surface area (Å²) in [4.78, 5) is 7.69. The first-order chi connectivity index (χ1) is 4.97. The Labute approximate surface area is 57.0 Å². The molecule has 4 nitrogen and oxygen atoms in total. The quantitative estimate of drug-likeness (QED) is 0.513. The summed E-state index contributed by atoms with van der Waals surface area (Å²) >= 11 is 0. The van der Waals surface area contributed by atoms with Gasteiger partial charge in [-0.1, -0.05) is 0 Å². The van der Waals surface area contributed by atoms with Crippen LogP contribution in [-0.4, -0.2) is 20.2 Å². The van der Waals surface area contributed by atoms with E-state index in [0.717, 1.165) is 5.39 Å². The van der Waals surface area contributed by atoms with Crippen LogP contribution in [0, 0.1) is 6.20 Å². The summed E-state index contributed by atoms with van der Waals surface area (Å²) < 4.78 is 0. The maximum absolute atomic E-state index is 3.88. The van der Waals surface area contributed by atoms with Crippen molar-refractivity contribution in [3.63, 3.8) is 0 Å². The molecule has 47 valence electrons. The van der Waals surface area contributed by atoms with Crippen LogP contribution < -0.4 is 0 Å². The molecule has 2 aromatic heterocycles. The van der Waals surface area contributed by atoms with Crippen molar-refractivity contribution >= 4 is 11.0 Å². The number of hydrogen-bond acceptors (Lipinski definition) is 4. The summed E-state index contributed by atoms with van der Waals surface area (Å²) in [7, 11) is 0. The molecule has 0 aliphatic rings. The number of nitrogens with zero attached hydrogens (tertiary/aromatic N) is 4. The van der Waals surface area contributed by atoms with Crippen LogP contribution in [0.4, 0.5) is 0 Å². The first-order valence-electron chi connectivity index (χ1n) is 2.76. The summed E-state index contributed by atoms with van der Waals surface area (Å²) in [5.41, 5.74) is 0.605. The molecular formula is C6H3N4. The van der Waals surface area contributed by atoms with Crippen molar-refractivity contribution in [3.05, 3.63) is 24.8 Å². The monoisotopic (exact) mass is 131 g/mol. The summed E-state index contributed by atoms with van der Waals surface area (Å²) in [6.07, 6.45) is 5.71. The first kappa shape index (κ1) is 5.22. The van der Waals surface area contributed by atoms with Crippen molar-refractivity contribution in [1.29, 1.82) is 0 Å². The molecule has 10 heavy (non-hydrogen) atoms. The minimum absolute atomic E-state index is 0.605. The lowest BCUT2D eigenvalue weighted by molar-refractivity contribution is 1.03. The van der Waals surface area contributed by atoms with E-state index in [0.29, 0.717) is 5.65 Å². The standard InChI is InChI=1S/C6H3N4/c1-2-9-10-6-5(1)3-7-4-8-6/h1,3-4H. The molecule has 0 amide bonds. The minimum atomic E-state index is 0.605. The lowest BCUT2D eigenvalue weighted by Crippen LogP contribution is -1.86. The van der Waals surface area contributed by atoms with E-state index < -0.39 is 0 Å². The molecule has 2 rings (SSSR count). The lowest BCUT2D eigenvalue weighted by Gasteiger charge is -1.88. The molecule has 0 aliphatic heterocycles. The van der Waals surface area contributed by atoms with Gasteiger partial charge in [-0.15, -0.1) is 10.2 Å². The second-order valence-corrected chi connectivity index (χ2v) is 1.78. The molecule has 0 aliphatic carbocycles. The average molecular weight is 131 g/mol. The van der Waals surface area contributed by atoms with E-state index in [9.17, 15) is 0 Å². The Morgan fingerprint density at radius 2 is 2.40 bits per heavy atom. The van der Waals surface area contributed by atoms with Gasteiger partial charge < -0.3 is 0 Å². The zero-order chi connectivity index (χ0) is 6.81. The Balaban J connectivity index is 2.89. The summed E-state index contributed by atoms with van der Waals surface area (Å²) in [5.74, 6) is 0. The van der Waals surface area contributed by atoms with Crippen LogP contribution in [0.2, 0.25) is 0 Å². The third-order valence-electron chi connectivity index (χ3n) is 1.14. The van der Waals surface area contributed by atoms with Crippen molar-refractivity contribution in [2.45, 2.75) is 0 Å². The van der Waals surface area contributed by atoms with Gasteiger partial charge in [-0.2, -0.15) is 0 Å². The molecule has 2 heterocycles. The van der Waals surface area contributed by atoms with Crippen molar-refractivity contribution in [1.82, 2.24) is 20.2 Å². The maximum Gasteiger partial charge on any atom is 0.184 e. The highest BCUT2D eigenvalue weighted by Crippen LogP contribution is 2.00. The molecule has 0 aromatic carbocycles. The van der Waals surface area contributed by atoms with Crippen LogP contribution in [0.5, 0.6) is 0 Å². The largest absolute Gasteiger partial charge is 0.244 e. The molecule has 1 radical (unpaired) electrons. The van der Waals surface area contributed by atoms with Gasteiger partial charge in [-0.05, 0) is 6.07 Å². The van der Waals surface area contributed by atoms with Crippen molar-refractivity contribution < 1.29 is 0 Å². The van der Waals surface area contributed by atoms with Gasteiger partial charge in [0.2, 0.25) is 0 Å². The van der Waals surface area contributed by atoms with Gasteiger partial charge in [-0.25, -0.2) is 9.97 Å². The molecule has 0 fully saturated rings. The van der Waals surface area contributed by atoms with Gasteiger partial charge >= 0.3 is 0 Å². The van der Waals surface area contributed by atoms with Crippen LogP contribution >= 0.6 is 0 Å². The predicted molar refractivity (Wildman–Crippen MR) is 34.0 cm³/mol. The molecule has 0 N–H and O–H groups in total. The summed E-state index contributed by atoms with van der Waals surface area (Å²) in [6, 6.07) is 1.70. The Hall–Kier alpha value is -1.58. The molecule has 4 heteroatoms. The van der Waals surface area contributed by atoms with E-state index in [4.69, 9.17) is 0 Å². The van der Waals surface area contributed by atoms with Crippen LogP contribution in [0.3, 0.4) is 0 Å². The van der Waals surface area contributed by atoms with Crippen LogP contribution in [0.15, 0.2) is 18.6 Å². The second kappa shape index (κ2) is 1.98. The van der Waals surface area contributed by atoms with E-state index >= 15 is 0 Å². The highest BCUT2D eigenvalue weighted by molar-refractivity contribution is 5.71. The molecule has 0 spiro atoms. The lowest BCUT2D eigenvalue weighted by atomic mass is 10.4. The van der Waals surface area contributed by atoms with Crippen LogP contribution in [0.1, 0.15) is 0 Å². The Kier molecular flexibility index (Phi) is 1.04. The van der Waals surface area contributed by atoms with Crippen molar-refractivity contribution in [2.24, 2.45) is 0 Å². The number of rotatable bonds is 0. The van der Waals surface area contributed by atoms with Gasteiger partial charge in [0, 0.05) is 11.6 Å². The maximum atomic E-state index is 3.88. The minimum Gasteiger partial charge on any atom is -0.244 e. The third kappa shape index (κ3) is 0.699. The van der Waals surface area contributed by atoms with E-state index in [1.807, 2.05) is 0 Å². The Morgan fingerprint density at radius 1 is 1.40 bits per heavy atom. The molecule has 0 saturated carbocycles. The fraction of sp³-hybridized carbons (Fsp3) is 0. The van der Waals surface area contributed by atoms with Crippen molar-refractivity contribution in [2.75, 3.05) is 0 Å². The molecule has 0 unspecified atom stereocenters. The summed E-state index contributed by atoms with van der Waals surface area (Å²) in [5, 5.41) is 8.13. The average Bonchev–Trinajstić information content (AvgIpc) is 2.05. The van der Waals surface area contributed by atoms with Gasteiger partial charge in [0.25, 0.3) is 0 Å². The number of aromatic nitrogens is 4. The van der Waals surface area contributed by atoms with E-state index in [2.05, 4.69) is 26.4 Å². The van der Waals surface area contributed by atoms with E-state index in [1.54, 1.807) is 12.3 Å². The van der Waals surface area contributed by atoms with Gasteiger partial charge in [-0.3, -0.25) is 0 Å². The zero-order valence-electron chi connectivity index (χ0n) is 5.02. The van der Waals surface area contributed by atoms with E-state index in [1.165, 1.54) is 6.33 Å². The molecule has 0 atom stereocenters. The molecule has 0 saturated heterocycles. The fourth-order valence-corrected chi connectivity index (χ4v) is 0.694. The van der Waals surface area contributed by atoms with Gasteiger partial charge in [0.05, 0.1) is 0 Å². The molecule has 2 aromatic rings. The van der Waals surface area contributed by atoms with E-state index in [-0.39, 0.29) is 0 Å². The summed E-state index contributed by atoms with van der Waals surface area (Å²) in [6.45, 7) is 0. The fourth-order valence-electron chi connectivity index (χ4n) is 0.694. The smallest absolute Gasteiger partial charge is 0.184 e. The highest BCUT2D eigenvalue weighted by atomic mass is 15.1. The van der Waals surface area contributed by atoms with Gasteiger partial charge in [0.15, 0.2) is 5.65 Å². The SMILES string of the molecule is [c]1cc2cncnc2nn1. The van der Waals surface area contributed by atoms with Crippen LogP contribution in [-0.2, 0) is 0 Å². The topological polar surface area (TPSA) is 51.6 Å². The van der Waals surface area contributed by atoms with Crippen LogP contribution in [0.25, 0.3) is 11.0 Å². The Bertz CT molecular complexity index is 281. The second-order valence-electron chi connectivity index (χ2n) is 1.78. The first-order valence-corrected chi connectivity index (χ1v) is 2.76. The predicted octanol–water partition coefficient (Wildman–Crippen LogP) is 0.220. The Morgan fingerprint density at radius 3 is 3.30 bits per heavy atom. The molecule has 0 bridgehead atoms. The van der Waals surface area contributed by atoms with Gasteiger partial charge in [0.1, 0.15) is 12.5 Å². The number of fused-ring (bicyclic) bond motifs is 1. The zero-order valence-corrected chi connectivity index (χ0v) is 5.02. The third-order valence-corrected chi connectivity index (χ3v) is 1.14. The van der Waals surface area contributed by atoms with Crippen molar-refractivity contribution in [3.8, 4) is 0 Å². The highest BCUT2D eigenvalue weighted by Gasteiger charge is 1.90. The normalized spacial score (nSPS) is 10.0. The molecular weight excluding hydrogens is 128 g/mol.